The molecule has 0 fully saturated rings. The van der Waals surface area contributed by atoms with Crippen molar-refractivity contribution in [3.63, 3.8) is 0 Å². The Morgan fingerprint density at radius 1 is 1.03 bits per heavy atom. The Bertz CT molecular complexity index is 1140. The van der Waals surface area contributed by atoms with Gasteiger partial charge < -0.3 is 15.0 Å². The van der Waals surface area contributed by atoms with Crippen molar-refractivity contribution in [1.82, 2.24) is 10.2 Å². The van der Waals surface area contributed by atoms with E-state index < -0.39 is 28.5 Å². The lowest BCUT2D eigenvalue weighted by Crippen LogP contribution is -2.51. The number of methoxy groups -OCH3 is 1. The van der Waals surface area contributed by atoms with Crippen molar-refractivity contribution in [3.05, 3.63) is 58.1 Å². The first-order valence-electron chi connectivity index (χ1n) is 11.0. The number of halogens is 2. The molecule has 192 valence electrons. The number of sulfonamides is 1. The number of hydrogen-bond donors (Lipinski definition) is 1. The van der Waals surface area contributed by atoms with Gasteiger partial charge in [-0.2, -0.15) is 0 Å². The van der Waals surface area contributed by atoms with Crippen LogP contribution in [0.15, 0.2) is 42.5 Å². The lowest BCUT2D eigenvalue weighted by atomic mass is 10.1. The first-order chi connectivity index (χ1) is 16.3. The molecular weight excluding hydrogens is 513 g/mol. The van der Waals surface area contributed by atoms with Crippen LogP contribution in [-0.4, -0.2) is 57.6 Å². The first kappa shape index (κ1) is 28.7. The Hall–Kier alpha value is -2.49. The summed E-state index contributed by atoms with van der Waals surface area (Å²) in [6.45, 7) is 5.50. The molecule has 2 aromatic carbocycles. The van der Waals surface area contributed by atoms with Gasteiger partial charge in [0.1, 0.15) is 18.3 Å². The van der Waals surface area contributed by atoms with Gasteiger partial charge in [-0.25, -0.2) is 8.42 Å². The fourth-order valence-electron chi connectivity index (χ4n) is 3.27. The van der Waals surface area contributed by atoms with Crippen LogP contribution in [0.5, 0.6) is 5.75 Å². The van der Waals surface area contributed by atoms with E-state index in [1.807, 2.05) is 13.8 Å². The van der Waals surface area contributed by atoms with Crippen LogP contribution in [0.2, 0.25) is 10.0 Å². The molecular formula is C24H31Cl2N3O5S. The largest absolute Gasteiger partial charge is 0.495 e. The van der Waals surface area contributed by atoms with Crippen molar-refractivity contribution in [2.75, 3.05) is 30.8 Å². The summed E-state index contributed by atoms with van der Waals surface area (Å²) >= 11 is 12.1. The summed E-state index contributed by atoms with van der Waals surface area (Å²) in [4.78, 5) is 27.7. The van der Waals surface area contributed by atoms with E-state index in [0.29, 0.717) is 11.6 Å². The minimum Gasteiger partial charge on any atom is -0.495 e. The fourth-order valence-corrected chi connectivity index (χ4v) is 4.41. The van der Waals surface area contributed by atoms with E-state index in [9.17, 15) is 18.0 Å². The lowest BCUT2D eigenvalue weighted by Gasteiger charge is -2.32. The highest BCUT2D eigenvalue weighted by molar-refractivity contribution is 7.92. The number of hydrogen-bond acceptors (Lipinski definition) is 5. The van der Waals surface area contributed by atoms with Crippen LogP contribution in [0.1, 0.15) is 26.3 Å². The van der Waals surface area contributed by atoms with Gasteiger partial charge in [0.05, 0.1) is 19.1 Å². The van der Waals surface area contributed by atoms with Gasteiger partial charge in [-0.3, -0.25) is 13.9 Å². The van der Waals surface area contributed by atoms with Gasteiger partial charge in [0.15, 0.2) is 0 Å². The molecule has 0 unspecified atom stereocenters. The second-order valence-electron chi connectivity index (χ2n) is 8.55. The van der Waals surface area contributed by atoms with E-state index in [1.54, 1.807) is 37.3 Å². The molecule has 0 bridgehead atoms. The Morgan fingerprint density at radius 3 is 2.17 bits per heavy atom. The smallest absolute Gasteiger partial charge is 0.244 e. The number of nitrogens with zero attached hydrogens (tertiary/aromatic N) is 2. The zero-order valence-electron chi connectivity index (χ0n) is 20.4. The molecule has 35 heavy (non-hydrogen) atoms. The molecule has 0 saturated carbocycles. The number of amides is 2. The van der Waals surface area contributed by atoms with Gasteiger partial charge in [-0.1, -0.05) is 49.2 Å². The maximum absolute atomic E-state index is 13.6. The molecule has 0 aliphatic rings. The highest BCUT2D eigenvalue weighted by atomic mass is 35.5. The molecule has 8 nitrogen and oxygen atoms in total. The fraction of sp³-hybridized carbons (Fsp3) is 0.417. The van der Waals surface area contributed by atoms with E-state index in [2.05, 4.69) is 5.32 Å². The van der Waals surface area contributed by atoms with Crippen molar-refractivity contribution in [1.29, 1.82) is 0 Å². The Balaban J connectivity index is 2.43. The summed E-state index contributed by atoms with van der Waals surface area (Å²) in [6, 6.07) is 10.5. The standard InChI is InChI=1S/C24H31Cl2N3O5S/c1-16(2)13-27-24(31)17(3)28(14-18-6-8-19(25)9-7-18)23(30)15-29(35(5,32)33)21-12-20(26)10-11-22(21)34-4/h6-12,16-17H,13-15H2,1-5H3,(H,27,31)/t17-/m0/s1. The van der Waals surface area contributed by atoms with Crippen LogP contribution in [-0.2, 0) is 26.2 Å². The van der Waals surface area contributed by atoms with Crippen molar-refractivity contribution in [3.8, 4) is 5.75 Å². The number of anilines is 1. The molecule has 2 aromatic rings. The number of rotatable bonds is 11. The SMILES string of the molecule is COc1ccc(Cl)cc1N(CC(=O)N(Cc1ccc(Cl)cc1)[C@@H](C)C(=O)NCC(C)C)S(C)(=O)=O. The molecule has 0 saturated heterocycles. The van der Waals surface area contributed by atoms with E-state index in [4.69, 9.17) is 27.9 Å². The van der Waals surface area contributed by atoms with Gasteiger partial charge in [-0.15, -0.1) is 0 Å². The summed E-state index contributed by atoms with van der Waals surface area (Å²) in [6.07, 6.45) is 0.989. The minimum atomic E-state index is -3.91. The molecule has 11 heteroatoms. The van der Waals surface area contributed by atoms with Gasteiger partial charge in [0, 0.05) is 23.1 Å². The third-order valence-corrected chi connectivity index (χ3v) is 6.82. The predicted octanol–water partition coefficient (Wildman–Crippen LogP) is 3.96. The molecule has 1 N–H and O–H groups in total. The van der Waals surface area contributed by atoms with E-state index in [-0.39, 0.29) is 34.8 Å². The highest BCUT2D eigenvalue weighted by Gasteiger charge is 2.31. The Labute approximate surface area is 217 Å². The predicted molar refractivity (Wildman–Crippen MR) is 140 cm³/mol. The highest BCUT2D eigenvalue weighted by Crippen LogP contribution is 2.33. The van der Waals surface area contributed by atoms with Crippen LogP contribution >= 0.6 is 23.2 Å². The zero-order chi connectivity index (χ0) is 26.3. The summed E-state index contributed by atoms with van der Waals surface area (Å²) in [7, 11) is -2.52. The molecule has 0 aromatic heterocycles. The zero-order valence-corrected chi connectivity index (χ0v) is 22.7. The Morgan fingerprint density at radius 2 is 1.63 bits per heavy atom. The molecule has 1 atom stereocenters. The number of nitrogens with one attached hydrogen (secondary N) is 1. The maximum atomic E-state index is 13.6. The molecule has 0 aliphatic heterocycles. The van der Waals surface area contributed by atoms with Gasteiger partial charge >= 0.3 is 0 Å². The van der Waals surface area contributed by atoms with E-state index in [0.717, 1.165) is 16.1 Å². The first-order valence-corrected chi connectivity index (χ1v) is 13.6. The topological polar surface area (TPSA) is 96.0 Å². The molecule has 0 aliphatic carbocycles. The van der Waals surface area contributed by atoms with Crippen molar-refractivity contribution >= 4 is 50.7 Å². The third-order valence-electron chi connectivity index (χ3n) is 5.21. The van der Waals surface area contributed by atoms with Gasteiger partial charge in [-0.05, 0) is 48.7 Å². The second-order valence-corrected chi connectivity index (χ2v) is 11.3. The van der Waals surface area contributed by atoms with Crippen LogP contribution in [0.25, 0.3) is 0 Å². The molecule has 0 radical (unpaired) electrons. The lowest BCUT2D eigenvalue weighted by molar-refractivity contribution is -0.139. The van der Waals surface area contributed by atoms with Gasteiger partial charge in [0.2, 0.25) is 21.8 Å². The second kappa shape index (κ2) is 12.5. The van der Waals surface area contributed by atoms with Gasteiger partial charge in [0.25, 0.3) is 0 Å². The van der Waals surface area contributed by atoms with E-state index in [1.165, 1.54) is 24.1 Å². The summed E-state index contributed by atoms with van der Waals surface area (Å²) < 4.78 is 31.6. The average molecular weight is 545 g/mol. The normalized spacial score (nSPS) is 12.2. The third kappa shape index (κ3) is 8.30. The average Bonchev–Trinajstić information content (AvgIpc) is 2.79. The molecule has 0 heterocycles. The minimum absolute atomic E-state index is 0.0799. The Kier molecular flexibility index (Phi) is 10.2. The monoisotopic (exact) mass is 543 g/mol. The van der Waals surface area contributed by atoms with Crippen LogP contribution in [0.3, 0.4) is 0 Å². The summed E-state index contributed by atoms with van der Waals surface area (Å²) in [5, 5.41) is 3.64. The van der Waals surface area contributed by atoms with Crippen LogP contribution in [0, 0.1) is 5.92 Å². The quantitative estimate of drug-likeness (QED) is 0.462. The van der Waals surface area contributed by atoms with Crippen LogP contribution in [0.4, 0.5) is 5.69 Å². The maximum Gasteiger partial charge on any atom is 0.244 e. The summed E-state index contributed by atoms with van der Waals surface area (Å²) in [5.74, 6) is -0.450. The van der Waals surface area contributed by atoms with Crippen molar-refractivity contribution in [2.24, 2.45) is 5.92 Å². The number of ether oxygens (including phenoxy) is 1. The number of carbonyl (C=O) groups is 2. The summed E-state index contributed by atoms with van der Waals surface area (Å²) in [5.41, 5.74) is 0.858. The van der Waals surface area contributed by atoms with E-state index >= 15 is 0 Å². The van der Waals surface area contributed by atoms with Crippen LogP contribution < -0.4 is 14.4 Å². The van der Waals surface area contributed by atoms with Crippen molar-refractivity contribution < 1.29 is 22.7 Å². The van der Waals surface area contributed by atoms with Crippen molar-refractivity contribution in [2.45, 2.75) is 33.4 Å². The number of benzene rings is 2. The molecule has 2 amide bonds. The number of carbonyl (C=O) groups excluding carboxylic acids is 2. The molecule has 0 spiro atoms. The molecule has 2 rings (SSSR count).